The lowest BCUT2D eigenvalue weighted by Gasteiger charge is -2.01. The minimum atomic E-state index is -2.56. The van der Waals surface area contributed by atoms with Gasteiger partial charge in [0.2, 0.25) is 0 Å². The highest BCUT2D eigenvalue weighted by Gasteiger charge is 2.17. The molecule has 9 heteroatoms. The van der Waals surface area contributed by atoms with E-state index in [9.17, 15) is 14.3 Å². The van der Waals surface area contributed by atoms with E-state index < -0.39 is 16.3 Å². The molecule has 1 N–H and O–H groups in total. The lowest BCUT2D eigenvalue weighted by Crippen LogP contribution is -1.99. The Hall–Kier alpha value is -0.450. The molecule has 0 aromatic heterocycles. The van der Waals surface area contributed by atoms with Crippen molar-refractivity contribution in [2.45, 2.75) is 13.8 Å². The number of hydrogen-bond acceptors (Lipinski definition) is 4. The lowest BCUT2D eigenvalue weighted by atomic mass is 10.3. The molecule has 0 aliphatic carbocycles. The number of hydrogen-bond donors (Lipinski definition) is 1. The SMILES string of the molecule is CC.CI.O=[N+]([O-])c1cccc(OS(=O)O)c1Cl. The van der Waals surface area contributed by atoms with Crippen LogP contribution < -0.4 is 4.18 Å². The molecule has 1 atom stereocenters. The van der Waals surface area contributed by atoms with Crippen LogP contribution in [0.2, 0.25) is 5.02 Å². The smallest absolute Gasteiger partial charge is 0.357 e. The molecule has 104 valence electrons. The van der Waals surface area contributed by atoms with Gasteiger partial charge in [0, 0.05) is 6.07 Å². The van der Waals surface area contributed by atoms with Crippen molar-refractivity contribution >= 4 is 51.2 Å². The van der Waals surface area contributed by atoms with E-state index in [0.717, 1.165) is 6.07 Å². The number of rotatable bonds is 3. The summed E-state index contributed by atoms with van der Waals surface area (Å²) in [5.74, 6) is -0.207. The lowest BCUT2D eigenvalue weighted by molar-refractivity contribution is -0.384. The molecule has 1 rings (SSSR count). The van der Waals surface area contributed by atoms with Gasteiger partial charge in [-0.15, -0.1) is 0 Å². The molecule has 1 aromatic carbocycles. The molecule has 0 fully saturated rings. The third-order valence-corrected chi connectivity index (χ3v) is 2.00. The second-order valence-corrected chi connectivity index (χ2v) is 3.13. The highest BCUT2D eigenvalue weighted by molar-refractivity contribution is 14.1. The van der Waals surface area contributed by atoms with Gasteiger partial charge in [-0.1, -0.05) is 54.1 Å². The molecule has 0 saturated carbocycles. The van der Waals surface area contributed by atoms with Crippen molar-refractivity contribution in [2.24, 2.45) is 0 Å². The normalized spacial score (nSPS) is 10.1. The molecule has 0 aliphatic rings. The van der Waals surface area contributed by atoms with Crippen LogP contribution in [0.4, 0.5) is 5.69 Å². The highest BCUT2D eigenvalue weighted by Crippen LogP contribution is 2.33. The monoisotopic (exact) mass is 409 g/mol. The molecule has 0 amide bonds. The zero-order chi connectivity index (χ0) is 14.7. The fraction of sp³-hybridized carbons (Fsp3) is 0.333. The van der Waals surface area contributed by atoms with Crippen LogP contribution in [-0.2, 0) is 11.4 Å². The van der Waals surface area contributed by atoms with E-state index in [4.69, 9.17) is 16.2 Å². The summed E-state index contributed by atoms with van der Waals surface area (Å²) in [6, 6.07) is 3.71. The molecule has 18 heavy (non-hydrogen) atoms. The fourth-order valence-electron chi connectivity index (χ4n) is 0.781. The van der Waals surface area contributed by atoms with E-state index in [1.807, 2.05) is 18.8 Å². The molecule has 0 aliphatic heterocycles. The van der Waals surface area contributed by atoms with Crippen LogP contribution in [0, 0.1) is 10.1 Å². The molecule has 0 radical (unpaired) electrons. The van der Waals surface area contributed by atoms with Crippen molar-refractivity contribution < 1.29 is 17.9 Å². The number of benzene rings is 1. The molecule has 0 spiro atoms. The summed E-state index contributed by atoms with van der Waals surface area (Å²) in [5.41, 5.74) is -0.380. The third kappa shape index (κ3) is 7.09. The van der Waals surface area contributed by atoms with Crippen LogP contribution in [0.5, 0.6) is 5.75 Å². The van der Waals surface area contributed by atoms with E-state index >= 15 is 0 Å². The predicted molar refractivity (Wildman–Crippen MR) is 80.8 cm³/mol. The Labute approximate surface area is 126 Å². The van der Waals surface area contributed by atoms with Gasteiger partial charge in [0.15, 0.2) is 10.8 Å². The maximum absolute atomic E-state index is 10.4. The van der Waals surface area contributed by atoms with E-state index in [2.05, 4.69) is 26.8 Å². The predicted octanol–water partition coefficient (Wildman–Crippen LogP) is 3.84. The molecule has 0 bridgehead atoms. The third-order valence-electron chi connectivity index (χ3n) is 1.30. The summed E-state index contributed by atoms with van der Waals surface area (Å²) in [6.45, 7) is 4.00. The van der Waals surface area contributed by atoms with E-state index in [-0.39, 0.29) is 16.5 Å². The fourth-order valence-corrected chi connectivity index (χ4v) is 1.35. The minimum Gasteiger partial charge on any atom is -0.378 e. The van der Waals surface area contributed by atoms with Crippen molar-refractivity contribution in [1.82, 2.24) is 0 Å². The van der Waals surface area contributed by atoms with E-state index in [0.29, 0.717) is 0 Å². The first-order chi connectivity index (χ1) is 8.52. The topological polar surface area (TPSA) is 89.7 Å². The molecule has 1 aromatic rings. The average Bonchev–Trinajstić information content (AvgIpc) is 2.36. The summed E-state index contributed by atoms with van der Waals surface area (Å²) in [7, 11) is 0. The van der Waals surface area contributed by atoms with Gasteiger partial charge < -0.3 is 4.18 Å². The van der Waals surface area contributed by atoms with Crippen LogP contribution in [0.3, 0.4) is 0 Å². The first-order valence-electron chi connectivity index (χ1n) is 4.62. The maximum Gasteiger partial charge on any atom is 0.357 e. The van der Waals surface area contributed by atoms with Crippen LogP contribution in [0.15, 0.2) is 18.2 Å². The second-order valence-electron chi connectivity index (χ2n) is 2.15. The van der Waals surface area contributed by atoms with Gasteiger partial charge in [0.1, 0.15) is 0 Å². The largest absolute Gasteiger partial charge is 0.378 e. The summed E-state index contributed by atoms with van der Waals surface area (Å²) < 4.78 is 23.0. The summed E-state index contributed by atoms with van der Waals surface area (Å²) in [6.07, 6.45) is 0. The zero-order valence-electron chi connectivity index (χ0n) is 9.92. The quantitative estimate of drug-likeness (QED) is 0.269. The van der Waals surface area contributed by atoms with Crippen LogP contribution in [0.25, 0.3) is 0 Å². The zero-order valence-corrected chi connectivity index (χ0v) is 13.7. The molecule has 0 heterocycles. The molecule has 6 nitrogen and oxygen atoms in total. The van der Waals surface area contributed by atoms with E-state index in [1.165, 1.54) is 12.1 Å². The number of nitro groups is 1. The standard InChI is InChI=1S/C6H4ClNO5S.C2H6.CH3I/c7-6-4(8(9)10)2-1-3-5(6)13-14(11)12;2*1-2/h1-3H,(H,11,12);1-2H3;1H3. The van der Waals surface area contributed by atoms with Crippen molar-refractivity contribution in [3.05, 3.63) is 33.3 Å². The van der Waals surface area contributed by atoms with Crippen molar-refractivity contribution in [3.63, 3.8) is 0 Å². The molecule has 1 unspecified atom stereocenters. The minimum absolute atomic E-state index is 0.207. The van der Waals surface area contributed by atoms with Gasteiger partial charge in [-0.25, -0.2) is 0 Å². The number of halogens is 2. The Morgan fingerprint density at radius 1 is 1.44 bits per heavy atom. The van der Waals surface area contributed by atoms with Gasteiger partial charge in [-0.3, -0.25) is 14.7 Å². The molecule has 0 saturated heterocycles. The summed E-state index contributed by atoms with van der Waals surface area (Å²) in [4.78, 5) is 11.6. The number of nitro benzene ring substituents is 1. The average molecular weight is 410 g/mol. The van der Waals surface area contributed by atoms with E-state index in [1.54, 1.807) is 0 Å². The highest BCUT2D eigenvalue weighted by atomic mass is 127. The van der Waals surface area contributed by atoms with Gasteiger partial charge in [-0.2, -0.15) is 4.21 Å². The number of alkyl halides is 1. The molecular formula is C9H13ClINO5S. The Bertz CT molecular complexity index is 405. The van der Waals surface area contributed by atoms with Crippen molar-refractivity contribution in [1.29, 1.82) is 0 Å². The first-order valence-corrected chi connectivity index (χ1v) is 8.19. The Kier molecular flexibility index (Phi) is 12.8. The van der Waals surface area contributed by atoms with Gasteiger partial charge in [-0.05, 0) is 11.0 Å². The number of nitrogens with zero attached hydrogens (tertiary/aromatic N) is 1. The Balaban J connectivity index is 0. The van der Waals surface area contributed by atoms with Crippen molar-refractivity contribution in [3.8, 4) is 5.75 Å². The summed E-state index contributed by atoms with van der Waals surface area (Å²) in [5, 5.41) is 10.1. The Morgan fingerprint density at radius 2 is 1.94 bits per heavy atom. The Morgan fingerprint density at radius 3 is 2.33 bits per heavy atom. The van der Waals surface area contributed by atoms with Gasteiger partial charge in [0.25, 0.3) is 5.69 Å². The van der Waals surface area contributed by atoms with Crippen LogP contribution >= 0.6 is 34.2 Å². The molecular weight excluding hydrogens is 397 g/mol. The second kappa shape index (κ2) is 11.6. The van der Waals surface area contributed by atoms with Gasteiger partial charge in [0.05, 0.1) is 4.92 Å². The first kappa shape index (κ1) is 19.9. The van der Waals surface area contributed by atoms with Crippen LogP contribution in [-0.4, -0.2) is 18.6 Å². The maximum atomic E-state index is 10.4. The summed E-state index contributed by atoms with van der Waals surface area (Å²) >= 11 is 5.13. The van der Waals surface area contributed by atoms with Crippen molar-refractivity contribution in [2.75, 3.05) is 4.93 Å². The van der Waals surface area contributed by atoms with Gasteiger partial charge >= 0.3 is 11.4 Å². The van der Waals surface area contributed by atoms with Crippen LogP contribution in [0.1, 0.15) is 13.8 Å².